The largest absolute Gasteiger partial charge is 0.496 e. The monoisotopic (exact) mass is 385 g/mol. The van der Waals surface area contributed by atoms with Gasteiger partial charge in [0.25, 0.3) is 5.91 Å². The molecule has 7 nitrogen and oxygen atoms in total. The van der Waals surface area contributed by atoms with Crippen molar-refractivity contribution in [1.29, 1.82) is 0 Å². The molecule has 0 bridgehead atoms. The van der Waals surface area contributed by atoms with Gasteiger partial charge in [-0.3, -0.25) is 14.6 Å². The van der Waals surface area contributed by atoms with Gasteiger partial charge in [0, 0.05) is 23.0 Å². The summed E-state index contributed by atoms with van der Waals surface area (Å²) in [5.41, 5.74) is 7.57. The molecule has 150 valence electrons. The highest BCUT2D eigenvalue weighted by atomic mass is 16.5. The molecule has 7 heteroatoms. The summed E-state index contributed by atoms with van der Waals surface area (Å²) in [7, 11) is 1.53. The first-order valence-electron chi connectivity index (χ1n) is 8.98. The molecule has 0 aliphatic rings. The Morgan fingerprint density at radius 1 is 1.29 bits per heavy atom. The van der Waals surface area contributed by atoms with Crippen molar-refractivity contribution in [2.24, 2.45) is 5.73 Å². The number of carbonyl (C=O) groups is 2. The van der Waals surface area contributed by atoms with E-state index < -0.39 is 17.4 Å². The van der Waals surface area contributed by atoms with Crippen molar-refractivity contribution in [2.75, 3.05) is 12.4 Å². The Kier molecular flexibility index (Phi) is 6.41. The van der Waals surface area contributed by atoms with Crippen molar-refractivity contribution in [3.63, 3.8) is 0 Å². The number of benzene rings is 1. The van der Waals surface area contributed by atoms with E-state index in [0.29, 0.717) is 28.1 Å². The zero-order chi connectivity index (χ0) is 21.1. The van der Waals surface area contributed by atoms with Crippen LogP contribution in [0.1, 0.15) is 61.0 Å². The highest BCUT2D eigenvalue weighted by Crippen LogP contribution is 2.32. The summed E-state index contributed by atoms with van der Waals surface area (Å²) in [5.74, 6) is -0.372. The molecule has 1 heterocycles. The third-order valence-corrected chi connectivity index (χ3v) is 4.35. The van der Waals surface area contributed by atoms with Crippen LogP contribution >= 0.6 is 0 Å². The van der Waals surface area contributed by atoms with E-state index in [1.54, 1.807) is 31.2 Å². The number of amides is 2. The molecule has 0 saturated carbocycles. The standard InChI is InChI=1S/C21H27N3O4/c1-12(25)13-6-7-16(28-5)14(10-13)11-17(26)24-15-8-9-23-19(20(22)27)18(15)21(2,3)4/h6-10,12,25H,11H2,1-5H3,(H2,22,27)(H,23,24,26). The number of primary amides is 1. The molecule has 1 unspecified atom stereocenters. The van der Waals surface area contributed by atoms with Crippen LogP contribution in [0, 0.1) is 0 Å². The maximum absolute atomic E-state index is 12.7. The van der Waals surface area contributed by atoms with Crippen molar-refractivity contribution < 1.29 is 19.4 Å². The highest BCUT2D eigenvalue weighted by Gasteiger charge is 2.26. The molecule has 2 amide bonds. The minimum absolute atomic E-state index is 0.0432. The van der Waals surface area contributed by atoms with Crippen molar-refractivity contribution in [1.82, 2.24) is 4.98 Å². The number of aromatic nitrogens is 1. The first kappa shape index (κ1) is 21.4. The smallest absolute Gasteiger partial charge is 0.267 e. The topological polar surface area (TPSA) is 115 Å². The molecular formula is C21H27N3O4. The number of ether oxygens (including phenoxy) is 1. The number of nitrogens with one attached hydrogen (secondary N) is 1. The van der Waals surface area contributed by atoms with Crippen LogP contribution in [0.25, 0.3) is 0 Å². The van der Waals surface area contributed by atoms with Crippen LogP contribution in [-0.2, 0) is 16.6 Å². The van der Waals surface area contributed by atoms with Gasteiger partial charge in [-0.15, -0.1) is 0 Å². The summed E-state index contributed by atoms with van der Waals surface area (Å²) in [6.45, 7) is 7.41. The molecule has 0 aliphatic carbocycles. The Bertz CT molecular complexity index is 886. The van der Waals surface area contributed by atoms with Crippen LogP contribution in [0.4, 0.5) is 5.69 Å². The third-order valence-electron chi connectivity index (χ3n) is 4.35. The number of nitrogens with zero attached hydrogens (tertiary/aromatic N) is 1. The van der Waals surface area contributed by atoms with Crippen LogP contribution < -0.4 is 15.8 Å². The van der Waals surface area contributed by atoms with Gasteiger partial charge in [0.2, 0.25) is 5.91 Å². The number of rotatable bonds is 6. The molecule has 4 N–H and O–H groups in total. The number of carbonyl (C=O) groups excluding carboxylic acids is 2. The zero-order valence-corrected chi connectivity index (χ0v) is 16.9. The molecule has 2 aromatic rings. The lowest BCUT2D eigenvalue weighted by molar-refractivity contribution is -0.115. The van der Waals surface area contributed by atoms with E-state index in [0.717, 1.165) is 0 Å². The normalized spacial score (nSPS) is 12.4. The fraction of sp³-hybridized carbons (Fsp3) is 0.381. The van der Waals surface area contributed by atoms with Crippen LogP contribution in [0.5, 0.6) is 5.75 Å². The zero-order valence-electron chi connectivity index (χ0n) is 16.9. The molecule has 0 fully saturated rings. The van der Waals surface area contributed by atoms with Gasteiger partial charge >= 0.3 is 0 Å². The Labute approximate surface area is 164 Å². The van der Waals surface area contributed by atoms with Gasteiger partial charge in [0.1, 0.15) is 11.4 Å². The summed E-state index contributed by atoms with van der Waals surface area (Å²) >= 11 is 0. The average Bonchev–Trinajstić information content (AvgIpc) is 2.60. The lowest BCUT2D eigenvalue weighted by atomic mass is 9.84. The molecule has 0 spiro atoms. The van der Waals surface area contributed by atoms with Gasteiger partial charge < -0.3 is 20.9 Å². The summed E-state index contributed by atoms with van der Waals surface area (Å²) in [4.78, 5) is 28.6. The van der Waals surface area contributed by atoms with Gasteiger partial charge in [-0.1, -0.05) is 26.8 Å². The molecule has 28 heavy (non-hydrogen) atoms. The lowest BCUT2D eigenvalue weighted by Crippen LogP contribution is -2.26. The SMILES string of the molecule is COc1ccc(C(C)O)cc1CC(=O)Nc1ccnc(C(N)=O)c1C(C)(C)C. The minimum Gasteiger partial charge on any atom is -0.496 e. The van der Waals surface area contributed by atoms with Gasteiger partial charge in [-0.2, -0.15) is 0 Å². The van der Waals surface area contributed by atoms with E-state index in [2.05, 4.69) is 10.3 Å². The molecule has 0 aliphatic heterocycles. The number of anilines is 1. The number of nitrogens with two attached hydrogens (primary N) is 1. The summed E-state index contributed by atoms with van der Waals surface area (Å²) < 4.78 is 5.33. The van der Waals surface area contributed by atoms with Gasteiger partial charge in [-0.05, 0) is 36.1 Å². The fourth-order valence-electron chi connectivity index (χ4n) is 3.08. The average molecular weight is 385 g/mol. The van der Waals surface area contributed by atoms with Crippen molar-refractivity contribution in [3.8, 4) is 5.75 Å². The number of aliphatic hydroxyl groups is 1. The van der Waals surface area contributed by atoms with Crippen LogP contribution in [0.15, 0.2) is 30.5 Å². The second-order valence-corrected chi connectivity index (χ2v) is 7.67. The third kappa shape index (κ3) is 4.86. The summed E-state index contributed by atoms with van der Waals surface area (Å²) in [5, 5.41) is 12.7. The van der Waals surface area contributed by atoms with E-state index in [9.17, 15) is 14.7 Å². The molecule has 0 radical (unpaired) electrons. The first-order chi connectivity index (χ1) is 13.0. The summed E-state index contributed by atoms with van der Waals surface area (Å²) in [6.07, 6.45) is 0.833. The molecule has 2 rings (SSSR count). The Morgan fingerprint density at radius 3 is 2.50 bits per heavy atom. The van der Waals surface area contributed by atoms with Gasteiger partial charge in [0.15, 0.2) is 0 Å². The molecule has 1 aromatic heterocycles. The van der Waals surface area contributed by atoms with Crippen molar-refractivity contribution in [3.05, 3.63) is 52.8 Å². The summed E-state index contributed by atoms with van der Waals surface area (Å²) in [6, 6.07) is 6.87. The Morgan fingerprint density at radius 2 is 1.96 bits per heavy atom. The predicted molar refractivity (Wildman–Crippen MR) is 107 cm³/mol. The van der Waals surface area contributed by atoms with Crippen LogP contribution in [-0.4, -0.2) is 29.0 Å². The van der Waals surface area contributed by atoms with E-state index >= 15 is 0 Å². The van der Waals surface area contributed by atoms with Crippen molar-refractivity contribution in [2.45, 2.75) is 45.6 Å². The number of hydrogen-bond donors (Lipinski definition) is 3. The second-order valence-electron chi connectivity index (χ2n) is 7.67. The Balaban J connectivity index is 2.36. The number of hydrogen-bond acceptors (Lipinski definition) is 5. The Hall–Kier alpha value is -2.93. The van der Waals surface area contributed by atoms with E-state index in [4.69, 9.17) is 10.5 Å². The van der Waals surface area contributed by atoms with Crippen LogP contribution in [0.2, 0.25) is 0 Å². The maximum atomic E-state index is 12.7. The number of pyridine rings is 1. The second kappa shape index (κ2) is 8.39. The quantitative estimate of drug-likeness (QED) is 0.707. The highest BCUT2D eigenvalue weighted by molar-refractivity contribution is 5.98. The van der Waals surface area contributed by atoms with E-state index in [1.165, 1.54) is 13.3 Å². The number of aliphatic hydroxyl groups excluding tert-OH is 1. The molecule has 0 saturated heterocycles. The molecule has 1 aromatic carbocycles. The number of methoxy groups -OCH3 is 1. The molecule has 1 atom stereocenters. The molecular weight excluding hydrogens is 358 g/mol. The van der Waals surface area contributed by atoms with E-state index in [-0.39, 0.29) is 18.0 Å². The van der Waals surface area contributed by atoms with Crippen LogP contribution in [0.3, 0.4) is 0 Å². The first-order valence-corrected chi connectivity index (χ1v) is 8.98. The lowest BCUT2D eigenvalue weighted by Gasteiger charge is -2.24. The van der Waals surface area contributed by atoms with Crippen molar-refractivity contribution >= 4 is 17.5 Å². The van der Waals surface area contributed by atoms with E-state index in [1.807, 2.05) is 20.8 Å². The van der Waals surface area contributed by atoms with Gasteiger partial charge in [-0.25, -0.2) is 0 Å². The minimum atomic E-state index is -0.654. The van der Waals surface area contributed by atoms with Gasteiger partial charge in [0.05, 0.1) is 19.6 Å². The fourth-order valence-corrected chi connectivity index (χ4v) is 3.08. The maximum Gasteiger partial charge on any atom is 0.267 e. The predicted octanol–water partition coefficient (Wildman–Crippen LogP) is 2.72.